The molecule has 0 unspecified atom stereocenters. The van der Waals surface area contributed by atoms with Gasteiger partial charge in [-0.2, -0.15) is 0 Å². The number of methoxy groups -OCH3 is 3. The molecule has 0 fully saturated rings. The first-order chi connectivity index (χ1) is 9.92. The summed E-state index contributed by atoms with van der Waals surface area (Å²) in [5.41, 5.74) is 0.375. The number of hydrogen-bond donors (Lipinski definition) is 3. The van der Waals surface area contributed by atoms with E-state index in [0.717, 1.165) is 0 Å². The lowest BCUT2D eigenvalue weighted by molar-refractivity contribution is -0.138. The second kappa shape index (κ2) is 7.22. The third-order valence-corrected chi connectivity index (χ3v) is 2.64. The van der Waals surface area contributed by atoms with Crippen LogP contribution in [0.1, 0.15) is 6.92 Å². The van der Waals surface area contributed by atoms with Crippen LogP contribution in [0.25, 0.3) is 0 Å². The molecule has 2 amide bonds. The molecule has 0 saturated heterocycles. The van der Waals surface area contributed by atoms with Gasteiger partial charge in [-0.25, -0.2) is 4.79 Å². The molecule has 3 N–H and O–H groups in total. The minimum atomic E-state index is -1.13. The average molecular weight is 298 g/mol. The van der Waals surface area contributed by atoms with E-state index < -0.39 is 18.0 Å². The van der Waals surface area contributed by atoms with Crippen LogP contribution in [0.4, 0.5) is 10.5 Å². The molecule has 116 valence electrons. The van der Waals surface area contributed by atoms with Crippen LogP contribution >= 0.6 is 0 Å². The first kappa shape index (κ1) is 16.4. The van der Waals surface area contributed by atoms with Gasteiger partial charge in [0, 0.05) is 12.1 Å². The summed E-state index contributed by atoms with van der Waals surface area (Å²) in [7, 11) is 4.37. The minimum absolute atomic E-state index is 0.374. The molecule has 0 spiro atoms. The van der Waals surface area contributed by atoms with Crippen molar-refractivity contribution in [3.05, 3.63) is 12.1 Å². The molecule has 0 aliphatic rings. The third kappa shape index (κ3) is 4.16. The molecule has 21 heavy (non-hydrogen) atoms. The van der Waals surface area contributed by atoms with Crippen LogP contribution in [0.15, 0.2) is 12.1 Å². The Kier molecular flexibility index (Phi) is 5.65. The van der Waals surface area contributed by atoms with Crippen molar-refractivity contribution >= 4 is 17.7 Å². The van der Waals surface area contributed by atoms with Gasteiger partial charge in [-0.1, -0.05) is 0 Å². The van der Waals surface area contributed by atoms with Gasteiger partial charge in [-0.15, -0.1) is 0 Å². The molecule has 0 aliphatic heterocycles. The summed E-state index contributed by atoms with van der Waals surface area (Å²) in [6.45, 7) is 1.36. The molecular weight excluding hydrogens is 280 g/mol. The summed E-state index contributed by atoms with van der Waals surface area (Å²) >= 11 is 0. The number of carbonyl (C=O) groups is 2. The SMILES string of the molecule is COc1cc(NC(=O)N[C@H](C)C(=O)O)cc(OC)c1OC. The number of benzene rings is 1. The fraction of sp³-hybridized carbons (Fsp3) is 0.385. The number of nitrogens with one attached hydrogen (secondary N) is 2. The number of hydrogen-bond acceptors (Lipinski definition) is 5. The molecule has 8 nitrogen and oxygen atoms in total. The van der Waals surface area contributed by atoms with Crippen LogP contribution in [0, 0.1) is 0 Å². The van der Waals surface area contributed by atoms with Crippen LogP contribution in [0.3, 0.4) is 0 Å². The van der Waals surface area contributed by atoms with E-state index in [1.54, 1.807) is 0 Å². The highest BCUT2D eigenvalue weighted by Gasteiger charge is 2.17. The molecule has 0 aliphatic carbocycles. The van der Waals surface area contributed by atoms with E-state index in [1.807, 2.05) is 0 Å². The largest absolute Gasteiger partial charge is 0.493 e. The van der Waals surface area contributed by atoms with Gasteiger partial charge in [0.25, 0.3) is 0 Å². The molecule has 8 heteroatoms. The van der Waals surface area contributed by atoms with Crippen molar-refractivity contribution < 1.29 is 28.9 Å². The van der Waals surface area contributed by atoms with Gasteiger partial charge in [0.15, 0.2) is 11.5 Å². The third-order valence-electron chi connectivity index (χ3n) is 2.64. The highest BCUT2D eigenvalue weighted by atomic mass is 16.5. The Morgan fingerprint density at radius 1 is 1.10 bits per heavy atom. The average Bonchev–Trinajstić information content (AvgIpc) is 2.45. The Morgan fingerprint density at radius 2 is 1.62 bits per heavy atom. The minimum Gasteiger partial charge on any atom is -0.493 e. The van der Waals surface area contributed by atoms with Gasteiger partial charge >= 0.3 is 12.0 Å². The second-order valence-electron chi connectivity index (χ2n) is 4.07. The Hall–Kier alpha value is -2.64. The molecular formula is C13H18N2O6. The van der Waals surface area contributed by atoms with Crippen molar-refractivity contribution in [2.75, 3.05) is 26.6 Å². The highest BCUT2D eigenvalue weighted by Crippen LogP contribution is 2.39. The smallest absolute Gasteiger partial charge is 0.325 e. The van der Waals surface area contributed by atoms with E-state index >= 15 is 0 Å². The lowest BCUT2D eigenvalue weighted by atomic mass is 10.2. The zero-order valence-electron chi connectivity index (χ0n) is 12.2. The van der Waals surface area contributed by atoms with Crippen LogP contribution in [-0.4, -0.2) is 44.5 Å². The predicted molar refractivity (Wildman–Crippen MR) is 75.4 cm³/mol. The molecule has 0 bridgehead atoms. The number of carbonyl (C=O) groups excluding carboxylic acids is 1. The van der Waals surface area contributed by atoms with E-state index in [2.05, 4.69) is 10.6 Å². The Balaban J connectivity index is 2.93. The summed E-state index contributed by atoms with van der Waals surface area (Å²) in [4.78, 5) is 22.4. The van der Waals surface area contributed by atoms with Crippen molar-refractivity contribution in [2.45, 2.75) is 13.0 Å². The second-order valence-corrected chi connectivity index (χ2v) is 4.07. The van der Waals surface area contributed by atoms with Gasteiger partial charge in [0.1, 0.15) is 6.04 Å². The number of anilines is 1. The van der Waals surface area contributed by atoms with Crippen LogP contribution in [0.2, 0.25) is 0 Å². The van der Waals surface area contributed by atoms with Crippen molar-refractivity contribution in [3.8, 4) is 17.2 Å². The van der Waals surface area contributed by atoms with E-state index in [4.69, 9.17) is 19.3 Å². The number of amides is 2. The lowest BCUT2D eigenvalue weighted by Gasteiger charge is -2.15. The molecule has 1 aromatic rings. The molecule has 0 aromatic heterocycles. The fourth-order valence-corrected chi connectivity index (χ4v) is 1.58. The fourth-order valence-electron chi connectivity index (χ4n) is 1.58. The summed E-state index contributed by atoms with van der Waals surface area (Å²) in [6.07, 6.45) is 0. The van der Waals surface area contributed by atoms with Crippen LogP contribution < -0.4 is 24.8 Å². The molecule has 0 radical (unpaired) electrons. The van der Waals surface area contributed by atoms with Crippen molar-refractivity contribution in [3.63, 3.8) is 0 Å². The maximum Gasteiger partial charge on any atom is 0.325 e. The van der Waals surface area contributed by atoms with Gasteiger partial charge < -0.3 is 30.0 Å². The van der Waals surface area contributed by atoms with Gasteiger partial charge in [0.05, 0.1) is 27.0 Å². The zero-order valence-corrected chi connectivity index (χ0v) is 12.2. The lowest BCUT2D eigenvalue weighted by Crippen LogP contribution is -2.40. The monoisotopic (exact) mass is 298 g/mol. The van der Waals surface area contributed by atoms with Gasteiger partial charge in [0.2, 0.25) is 5.75 Å². The number of ether oxygens (including phenoxy) is 3. The topological polar surface area (TPSA) is 106 Å². The summed E-state index contributed by atoms with van der Waals surface area (Å²) in [5, 5.41) is 13.5. The highest BCUT2D eigenvalue weighted by molar-refractivity contribution is 5.92. The van der Waals surface area contributed by atoms with Gasteiger partial charge in [-0.05, 0) is 6.92 Å². The summed E-state index contributed by atoms with van der Waals surface area (Å²) < 4.78 is 15.5. The van der Waals surface area contributed by atoms with Gasteiger partial charge in [-0.3, -0.25) is 4.79 Å². The molecule has 1 aromatic carbocycles. The van der Waals surface area contributed by atoms with E-state index in [-0.39, 0.29) is 0 Å². The first-order valence-electron chi connectivity index (χ1n) is 6.03. The number of urea groups is 1. The number of rotatable bonds is 6. The Bertz CT molecular complexity index is 506. The molecule has 1 atom stereocenters. The van der Waals surface area contributed by atoms with Crippen molar-refractivity contribution in [1.29, 1.82) is 0 Å². The van der Waals surface area contributed by atoms with E-state index in [9.17, 15) is 9.59 Å². The van der Waals surface area contributed by atoms with Crippen LogP contribution in [-0.2, 0) is 4.79 Å². The van der Waals surface area contributed by atoms with Crippen molar-refractivity contribution in [1.82, 2.24) is 5.32 Å². The maximum atomic E-state index is 11.7. The molecule has 1 rings (SSSR count). The van der Waals surface area contributed by atoms with Crippen molar-refractivity contribution in [2.24, 2.45) is 0 Å². The van der Waals surface area contributed by atoms with E-state index in [1.165, 1.54) is 40.4 Å². The summed E-state index contributed by atoms with van der Waals surface area (Å²) in [6, 6.07) is 1.41. The number of aliphatic carboxylic acids is 1. The summed E-state index contributed by atoms with van der Waals surface area (Å²) in [5.74, 6) is 0.0109. The maximum absolute atomic E-state index is 11.7. The normalized spacial score (nSPS) is 11.2. The standard InChI is InChI=1S/C13H18N2O6/c1-7(12(16)17)14-13(18)15-8-5-9(19-2)11(21-4)10(6-8)20-3/h5-7H,1-4H3,(H,16,17)(H2,14,15,18)/t7-/m1/s1. The Labute approximate surface area is 122 Å². The quantitative estimate of drug-likeness (QED) is 0.731. The van der Waals surface area contributed by atoms with Crippen LogP contribution in [0.5, 0.6) is 17.2 Å². The molecule has 0 saturated carbocycles. The Morgan fingerprint density at radius 3 is 2.00 bits per heavy atom. The predicted octanol–water partition coefficient (Wildman–Crippen LogP) is 1.31. The number of carboxylic acids is 1. The van der Waals surface area contributed by atoms with E-state index in [0.29, 0.717) is 22.9 Å². The molecule has 0 heterocycles. The first-order valence-corrected chi connectivity index (χ1v) is 6.03. The zero-order chi connectivity index (χ0) is 16.0. The number of carboxylic acid groups (broad SMARTS) is 1.